The van der Waals surface area contributed by atoms with E-state index in [0.717, 1.165) is 0 Å². The summed E-state index contributed by atoms with van der Waals surface area (Å²) >= 11 is 12.5. The first-order valence-corrected chi connectivity index (χ1v) is 11.0. The molecular weight excluding hydrogens is 483 g/mol. The Hall–Kier alpha value is -3.63. The van der Waals surface area contributed by atoms with Crippen molar-refractivity contribution in [2.24, 2.45) is 0 Å². The van der Waals surface area contributed by atoms with E-state index in [4.69, 9.17) is 37.2 Å². The average Bonchev–Trinajstić information content (AvgIpc) is 3.50. The molecule has 1 fully saturated rings. The molecule has 12 heteroatoms. The third-order valence-electron chi connectivity index (χ3n) is 5.56. The topological polar surface area (TPSA) is 108 Å². The molecule has 4 aromatic rings. The van der Waals surface area contributed by atoms with Crippen molar-refractivity contribution in [1.29, 1.82) is 0 Å². The largest absolute Gasteiger partial charge is 0.495 e. The van der Waals surface area contributed by atoms with Crippen molar-refractivity contribution in [2.45, 2.75) is 12.5 Å². The molecule has 2 aromatic heterocycles. The number of rotatable bonds is 6. The number of hydrogen-bond acceptors (Lipinski definition) is 8. The van der Waals surface area contributed by atoms with Crippen LogP contribution in [0.2, 0.25) is 10.0 Å². The van der Waals surface area contributed by atoms with Gasteiger partial charge in [0.25, 0.3) is 11.8 Å². The first-order valence-electron chi connectivity index (χ1n) is 10.2. The number of nitrogens with zero attached hydrogens (tertiary/aromatic N) is 6. The summed E-state index contributed by atoms with van der Waals surface area (Å²) in [6, 6.07) is 8.06. The number of ether oxygens (including phenoxy) is 2. The highest BCUT2D eigenvalue weighted by Gasteiger charge is 2.39. The van der Waals surface area contributed by atoms with E-state index in [2.05, 4.69) is 20.3 Å². The van der Waals surface area contributed by atoms with Gasteiger partial charge in [-0.1, -0.05) is 34.4 Å². The maximum Gasteiger partial charge on any atom is 0.261 e. The molecule has 0 saturated carbocycles. The van der Waals surface area contributed by atoms with E-state index >= 15 is 0 Å². The monoisotopic (exact) mass is 500 g/mol. The number of likely N-dealkylation sites (tertiary alicyclic amines) is 1. The summed E-state index contributed by atoms with van der Waals surface area (Å²) in [4.78, 5) is 21.1. The van der Waals surface area contributed by atoms with E-state index < -0.39 is 0 Å². The van der Waals surface area contributed by atoms with Gasteiger partial charge in [-0.3, -0.25) is 4.79 Å². The summed E-state index contributed by atoms with van der Waals surface area (Å²) in [5, 5.41) is 13.2. The molecule has 1 saturated heterocycles. The van der Waals surface area contributed by atoms with Crippen LogP contribution in [-0.4, -0.2) is 56.7 Å². The van der Waals surface area contributed by atoms with Crippen molar-refractivity contribution in [3.63, 3.8) is 0 Å². The summed E-state index contributed by atoms with van der Waals surface area (Å²) in [5.74, 6) is 1.18. The van der Waals surface area contributed by atoms with Crippen LogP contribution < -0.4 is 9.47 Å². The third-order valence-corrected chi connectivity index (χ3v) is 6.15. The first-order chi connectivity index (χ1) is 16.5. The van der Waals surface area contributed by atoms with Gasteiger partial charge in [-0.2, -0.15) is 20.0 Å². The van der Waals surface area contributed by atoms with E-state index in [0.29, 0.717) is 57.1 Å². The molecule has 0 unspecified atom stereocenters. The summed E-state index contributed by atoms with van der Waals surface area (Å²) in [7, 11) is 3.00. The van der Waals surface area contributed by atoms with Crippen LogP contribution in [0.5, 0.6) is 11.5 Å². The number of carbonyl (C=O) groups excluding carboxylic acids is 1. The number of methoxy groups -OCH3 is 2. The van der Waals surface area contributed by atoms with Gasteiger partial charge in [0, 0.05) is 6.54 Å². The predicted molar refractivity (Wildman–Crippen MR) is 123 cm³/mol. The van der Waals surface area contributed by atoms with E-state index in [1.807, 2.05) is 0 Å². The van der Waals surface area contributed by atoms with Crippen LogP contribution in [0.25, 0.3) is 17.1 Å². The average molecular weight is 501 g/mol. The second-order valence-corrected chi connectivity index (χ2v) is 8.22. The fraction of sp³-hybridized carbons (Fsp3) is 0.227. The fourth-order valence-electron chi connectivity index (χ4n) is 3.79. The molecule has 0 N–H and O–H groups in total. The first kappa shape index (κ1) is 22.2. The van der Waals surface area contributed by atoms with Crippen LogP contribution in [-0.2, 0) is 0 Å². The second kappa shape index (κ2) is 8.96. The lowest BCUT2D eigenvalue weighted by molar-refractivity contribution is 0.0435. The van der Waals surface area contributed by atoms with Crippen LogP contribution in [0, 0.1) is 0 Å². The number of carbonyl (C=O) groups is 1. The quantitative estimate of drug-likeness (QED) is 0.386. The molecule has 0 radical (unpaired) electrons. The molecule has 0 spiro atoms. The number of amides is 1. The van der Waals surface area contributed by atoms with Gasteiger partial charge < -0.3 is 18.9 Å². The van der Waals surface area contributed by atoms with Crippen molar-refractivity contribution in [1.82, 2.24) is 30.0 Å². The summed E-state index contributed by atoms with van der Waals surface area (Å²) in [6.45, 7) is 0.519. The molecule has 10 nitrogen and oxygen atoms in total. The lowest BCUT2D eigenvalue weighted by Crippen LogP contribution is -2.45. The van der Waals surface area contributed by atoms with E-state index in [1.54, 1.807) is 35.2 Å². The zero-order valence-corrected chi connectivity index (χ0v) is 19.6. The Balaban J connectivity index is 1.47. The zero-order chi connectivity index (χ0) is 23.8. The van der Waals surface area contributed by atoms with Gasteiger partial charge in [0.05, 0.1) is 53.8 Å². The van der Waals surface area contributed by atoms with Crippen molar-refractivity contribution < 1.29 is 18.8 Å². The third kappa shape index (κ3) is 3.74. The molecule has 34 heavy (non-hydrogen) atoms. The Kier molecular flexibility index (Phi) is 5.84. The standard InChI is InChI=1S/C22H18Cl2N6O4/c1-32-18-10-13(17(11-15(18)24)30-25-7-8-26-30)22(31)29-9-6-16(29)20-27-21(34-28-20)12-4-3-5-14(23)19(12)33-2/h3-5,7-8,10-11,16H,6,9H2,1-2H3/t16-/m0/s1. The summed E-state index contributed by atoms with van der Waals surface area (Å²) in [6.07, 6.45) is 3.71. The van der Waals surface area contributed by atoms with Crippen LogP contribution >= 0.6 is 23.2 Å². The number of benzene rings is 2. The number of halogens is 2. The van der Waals surface area contributed by atoms with E-state index in [-0.39, 0.29) is 17.8 Å². The van der Waals surface area contributed by atoms with Crippen LogP contribution in [0.4, 0.5) is 0 Å². The molecule has 5 rings (SSSR count). The summed E-state index contributed by atoms with van der Waals surface area (Å²) < 4.78 is 16.2. The van der Waals surface area contributed by atoms with Gasteiger partial charge in [0.15, 0.2) is 5.82 Å². The highest BCUT2D eigenvalue weighted by molar-refractivity contribution is 6.32. The SMILES string of the molecule is COc1cc(C(=O)N2CC[C@H]2c2noc(-c3cccc(Cl)c3OC)n2)c(-n2nccn2)cc1Cl. The van der Waals surface area contributed by atoms with Crippen molar-refractivity contribution in [2.75, 3.05) is 20.8 Å². The maximum atomic E-state index is 13.6. The van der Waals surface area contributed by atoms with E-state index in [9.17, 15) is 4.79 Å². The molecule has 3 heterocycles. The van der Waals surface area contributed by atoms with Crippen LogP contribution in [0.15, 0.2) is 47.2 Å². The molecule has 0 aliphatic carbocycles. The van der Waals surface area contributed by atoms with Gasteiger partial charge in [-0.05, 0) is 30.7 Å². The minimum Gasteiger partial charge on any atom is -0.495 e. The Labute approximate surface area is 204 Å². The van der Waals surface area contributed by atoms with Crippen LogP contribution in [0.3, 0.4) is 0 Å². The normalized spacial score (nSPS) is 15.2. The van der Waals surface area contributed by atoms with Crippen molar-refractivity contribution >= 4 is 29.1 Å². The van der Waals surface area contributed by atoms with E-state index in [1.165, 1.54) is 31.4 Å². The lowest BCUT2D eigenvalue weighted by atomic mass is 9.99. The number of aromatic nitrogens is 5. The highest BCUT2D eigenvalue weighted by atomic mass is 35.5. The highest BCUT2D eigenvalue weighted by Crippen LogP contribution is 2.39. The van der Waals surface area contributed by atoms with Gasteiger partial charge in [-0.15, -0.1) is 0 Å². The molecule has 174 valence electrons. The number of para-hydroxylation sites is 1. The maximum absolute atomic E-state index is 13.6. The lowest BCUT2D eigenvalue weighted by Gasteiger charge is -2.39. The molecule has 1 amide bonds. The molecule has 0 bridgehead atoms. The second-order valence-electron chi connectivity index (χ2n) is 7.40. The Bertz CT molecular complexity index is 1360. The predicted octanol–water partition coefficient (Wildman–Crippen LogP) is 4.23. The fourth-order valence-corrected chi connectivity index (χ4v) is 4.28. The Morgan fingerprint density at radius 2 is 1.91 bits per heavy atom. The smallest absolute Gasteiger partial charge is 0.261 e. The van der Waals surface area contributed by atoms with Crippen molar-refractivity contribution in [3.8, 4) is 28.6 Å². The molecule has 1 aliphatic heterocycles. The minimum atomic E-state index is -0.365. The Morgan fingerprint density at radius 1 is 1.12 bits per heavy atom. The molecular formula is C22H18Cl2N6O4. The molecule has 1 atom stereocenters. The van der Waals surface area contributed by atoms with Crippen molar-refractivity contribution in [3.05, 3.63) is 64.2 Å². The molecule has 2 aromatic carbocycles. The van der Waals surface area contributed by atoms with Gasteiger partial charge in [0.1, 0.15) is 17.2 Å². The number of hydrogen-bond donors (Lipinski definition) is 0. The molecule has 1 aliphatic rings. The van der Waals surface area contributed by atoms with Gasteiger partial charge in [-0.25, -0.2) is 0 Å². The van der Waals surface area contributed by atoms with Crippen LogP contribution in [0.1, 0.15) is 28.6 Å². The van der Waals surface area contributed by atoms with Gasteiger partial charge >= 0.3 is 0 Å². The summed E-state index contributed by atoms with van der Waals surface area (Å²) in [5.41, 5.74) is 1.34. The van der Waals surface area contributed by atoms with Gasteiger partial charge in [0.2, 0.25) is 0 Å². The minimum absolute atomic E-state index is 0.253. The Morgan fingerprint density at radius 3 is 2.59 bits per heavy atom. The zero-order valence-electron chi connectivity index (χ0n) is 18.1.